The number of nitrogens with zero attached hydrogens (tertiary/aromatic N) is 3. The van der Waals surface area contributed by atoms with Gasteiger partial charge in [0.2, 0.25) is 0 Å². The predicted octanol–water partition coefficient (Wildman–Crippen LogP) is 2.14. The van der Waals surface area contributed by atoms with E-state index in [-0.39, 0.29) is 10.7 Å². The summed E-state index contributed by atoms with van der Waals surface area (Å²) in [5.74, 6) is 0. The first-order chi connectivity index (χ1) is 8.18. The fourth-order valence-corrected chi connectivity index (χ4v) is 1.98. The SMILES string of the molecule is O=c1c(I)c(Cl)ncn1CCc1ccncc1. The van der Waals surface area contributed by atoms with Crippen LogP contribution in [0.15, 0.2) is 35.6 Å². The highest BCUT2D eigenvalue weighted by Crippen LogP contribution is 2.09. The number of aromatic nitrogens is 3. The number of rotatable bonds is 3. The highest BCUT2D eigenvalue weighted by Gasteiger charge is 2.06. The van der Waals surface area contributed by atoms with Gasteiger partial charge in [-0.1, -0.05) is 11.6 Å². The molecule has 0 unspecified atom stereocenters. The molecule has 0 radical (unpaired) electrons. The minimum Gasteiger partial charge on any atom is -0.298 e. The average molecular weight is 362 g/mol. The van der Waals surface area contributed by atoms with Crippen molar-refractivity contribution in [2.24, 2.45) is 0 Å². The molecule has 0 saturated heterocycles. The maximum atomic E-state index is 11.8. The second kappa shape index (κ2) is 5.59. The first-order valence-corrected chi connectivity index (χ1v) is 6.43. The molecule has 6 heteroatoms. The van der Waals surface area contributed by atoms with Crippen LogP contribution in [0.3, 0.4) is 0 Å². The molecule has 0 aliphatic rings. The summed E-state index contributed by atoms with van der Waals surface area (Å²) in [6.07, 6.45) is 5.72. The minimum absolute atomic E-state index is 0.0975. The summed E-state index contributed by atoms with van der Waals surface area (Å²) in [5, 5.41) is 0.260. The largest absolute Gasteiger partial charge is 0.298 e. The molecule has 0 saturated carbocycles. The van der Waals surface area contributed by atoms with Gasteiger partial charge in [-0.05, 0) is 46.7 Å². The highest BCUT2D eigenvalue weighted by atomic mass is 127. The van der Waals surface area contributed by atoms with Crippen LogP contribution >= 0.6 is 34.2 Å². The van der Waals surface area contributed by atoms with E-state index < -0.39 is 0 Å². The van der Waals surface area contributed by atoms with E-state index in [0.717, 1.165) is 12.0 Å². The Morgan fingerprint density at radius 3 is 2.76 bits per heavy atom. The van der Waals surface area contributed by atoms with E-state index in [1.807, 2.05) is 34.7 Å². The van der Waals surface area contributed by atoms with Crippen molar-refractivity contribution < 1.29 is 0 Å². The van der Waals surface area contributed by atoms with E-state index in [2.05, 4.69) is 9.97 Å². The molecule has 0 aliphatic heterocycles. The smallest absolute Gasteiger partial charge is 0.268 e. The van der Waals surface area contributed by atoms with Crippen LogP contribution in [0.2, 0.25) is 5.15 Å². The third-order valence-electron chi connectivity index (χ3n) is 2.33. The Bertz CT molecular complexity index is 571. The molecule has 0 fully saturated rings. The number of halogens is 2. The Morgan fingerprint density at radius 2 is 2.06 bits per heavy atom. The molecule has 4 nitrogen and oxygen atoms in total. The van der Waals surface area contributed by atoms with Gasteiger partial charge in [0.05, 0.1) is 6.33 Å². The lowest BCUT2D eigenvalue weighted by Gasteiger charge is -2.06. The zero-order valence-corrected chi connectivity index (χ0v) is 11.7. The third-order valence-corrected chi connectivity index (χ3v) is 3.91. The monoisotopic (exact) mass is 361 g/mol. The molecule has 2 aromatic rings. The number of hydrogen-bond acceptors (Lipinski definition) is 3. The Balaban J connectivity index is 2.16. The van der Waals surface area contributed by atoms with Gasteiger partial charge < -0.3 is 0 Å². The van der Waals surface area contributed by atoms with E-state index in [9.17, 15) is 4.79 Å². The zero-order chi connectivity index (χ0) is 12.3. The summed E-state index contributed by atoms with van der Waals surface area (Å²) >= 11 is 7.67. The first-order valence-electron chi connectivity index (χ1n) is 4.98. The Morgan fingerprint density at radius 1 is 1.35 bits per heavy atom. The van der Waals surface area contributed by atoms with E-state index in [1.165, 1.54) is 6.33 Å². The number of aryl methyl sites for hydroxylation is 2. The van der Waals surface area contributed by atoms with Crippen LogP contribution in [0.1, 0.15) is 5.56 Å². The fourth-order valence-electron chi connectivity index (χ4n) is 1.40. The van der Waals surface area contributed by atoms with Gasteiger partial charge in [0, 0.05) is 18.9 Å². The molecular formula is C11H9ClIN3O. The van der Waals surface area contributed by atoms with Crippen LogP contribution in [0.25, 0.3) is 0 Å². The van der Waals surface area contributed by atoms with Gasteiger partial charge in [-0.3, -0.25) is 14.3 Å². The van der Waals surface area contributed by atoms with Crippen molar-refractivity contribution in [1.29, 1.82) is 0 Å². The lowest BCUT2D eigenvalue weighted by Crippen LogP contribution is -2.24. The molecule has 2 heterocycles. The van der Waals surface area contributed by atoms with Crippen LogP contribution < -0.4 is 5.56 Å². The van der Waals surface area contributed by atoms with Gasteiger partial charge in [0.15, 0.2) is 0 Å². The standard InChI is InChI=1S/C11H9ClIN3O/c12-10-9(13)11(17)16(7-15-10)6-3-8-1-4-14-5-2-8/h1-2,4-5,7H,3,6H2. The van der Waals surface area contributed by atoms with Crippen molar-refractivity contribution in [3.05, 3.63) is 55.5 Å². The molecule has 17 heavy (non-hydrogen) atoms. The third kappa shape index (κ3) is 3.04. The topological polar surface area (TPSA) is 47.8 Å². The lowest BCUT2D eigenvalue weighted by atomic mass is 10.2. The fraction of sp³-hybridized carbons (Fsp3) is 0.182. The summed E-state index contributed by atoms with van der Waals surface area (Å²) in [5.41, 5.74) is 1.04. The van der Waals surface area contributed by atoms with Crippen molar-refractivity contribution >= 4 is 34.2 Å². The van der Waals surface area contributed by atoms with Gasteiger partial charge >= 0.3 is 0 Å². The highest BCUT2D eigenvalue weighted by molar-refractivity contribution is 14.1. The van der Waals surface area contributed by atoms with Gasteiger partial charge in [-0.15, -0.1) is 0 Å². The van der Waals surface area contributed by atoms with Gasteiger partial charge in [0.25, 0.3) is 5.56 Å². The Kier molecular flexibility index (Phi) is 4.11. The van der Waals surface area contributed by atoms with Crippen LogP contribution in [0, 0.1) is 3.57 Å². The van der Waals surface area contributed by atoms with E-state index in [4.69, 9.17) is 11.6 Å². The van der Waals surface area contributed by atoms with Crippen molar-refractivity contribution in [2.45, 2.75) is 13.0 Å². The van der Waals surface area contributed by atoms with Crippen LogP contribution in [0.5, 0.6) is 0 Å². The summed E-state index contributed by atoms with van der Waals surface area (Å²) in [4.78, 5) is 19.7. The van der Waals surface area contributed by atoms with Crippen molar-refractivity contribution in [3.8, 4) is 0 Å². The molecule has 0 N–H and O–H groups in total. The quantitative estimate of drug-likeness (QED) is 0.622. The molecule has 0 atom stereocenters. The molecule has 0 amide bonds. The Labute approximate surface area is 117 Å². The molecule has 0 spiro atoms. The maximum absolute atomic E-state index is 11.8. The molecule has 0 aliphatic carbocycles. The predicted molar refractivity (Wildman–Crippen MR) is 74.2 cm³/mol. The zero-order valence-electron chi connectivity index (χ0n) is 8.81. The minimum atomic E-state index is -0.0975. The average Bonchev–Trinajstić information content (AvgIpc) is 2.36. The number of hydrogen-bond donors (Lipinski definition) is 0. The second-order valence-corrected chi connectivity index (χ2v) is 4.89. The Hall–Kier alpha value is -0.950. The first kappa shape index (κ1) is 12.5. The van der Waals surface area contributed by atoms with Crippen molar-refractivity contribution in [2.75, 3.05) is 0 Å². The normalized spacial score (nSPS) is 10.5. The van der Waals surface area contributed by atoms with Crippen LogP contribution in [-0.2, 0) is 13.0 Å². The number of pyridine rings is 1. The van der Waals surface area contributed by atoms with E-state index in [0.29, 0.717) is 10.1 Å². The molecule has 2 aromatic heterocycles. The molecule has 0 bridgehead atoms. The molecule has 2 rings (SSSR count). The summed E-state index contributed by atoms with van der Waals surface area (Å²) < 4.78 is 2.02. The van der Waals surface area contributed by atoms with E-state index >= 15 is 0 Å². The van der Waals surface area contributed by atoms with Crippen LogP contribution in [-0.4, -0.2) is 14.5 Å². The van der Waals surface area contributed by atoms with Gasteiger partial charge in [-0.2, -0.15) is 0 Å². The molecular weight excluding hydrogens is 352 g/mol. The summed E-state index contributed by atoms with van der Waals surface area (Å²) in [7, 11) is 0. The van der Waals surface area contributed by atoms with Crippen molar-refractivity contribution in [3.63, 3.8) is 0 Å². The van der Waals surface area contributed by atoms with Crippen LogP contribution in [0.4, 0.5) is 0 Å². The van der Waals surface area contributed by atoms with Gasteiger partial charge in [-0.25, -0.2) is 4.98 Å². The van der Waals surface area contributed by atoms with E-state index in [1.54, 1.807) is 17.0 Å². The summed E-state index contributed by atoms with van der Waals surface area (Å²) in [6, 6.07) is 3.86. The summed E-state index contributed by atoms with van der Waals surface area (Å²) in [6.45, 7) is 0.586. The van der Waals surface area contributed by atoms with Gasteiger partial charge in [0.1, 0.15) is 8.72 Å². The second-order valence-electron chi connectivity index (χ2n) is 3.45. The van der Waals surface area contributed by atoms with Crippen molar-refractivity contribution in [1.82, 2.24) is 14.5 Å². The molecule has 0 aromatic carbocycles. The lowest BCUT2D eigenvalue weighted by molar-refractivity contribution is 0.650. The molecule has 88 valence electrons. The maximum Gasteiger partial charge on any atom is 0.268 e.